The number of hydrogen-bond acceptors (Lipinski definition) is 3. The van der Waals surface area contributed by atoms with E-state index in [0.717, 1.165) is 17.7 Å². The lowest BCUT2D eigenvalue weighted by molar-refractivity contribution is 0.319. The van der Waals surface area contributed by atoms with E-state index < -0.39 is 0 Å². The first-order chi connectivity index (χ1) is 5.79. The fourth-order valence-electron chi connectivity index (χ4n) is 1.10. The van der Waals surface area contributed by atoms with Crippen LogP contribution in [0.3, 0.4) is 0 Å². The van der Waals surface area contributed by atoms with Crippen LogP contribution < -0.4 is 0 Å². The van der Waals surface area contributed by atoms with Crippen molar-refractivity contribution >= 4 is 5.71 Å². The largest absolute Gasteiger partial charge is 0.411 e. The van der Waals surface area contributed by atoms with Crippen molar-refractivity contribution in [1.82, 2.24) is 4.98 Å². The molecule has 1 aromatic heterocycles. The van der Waals surface area contributed by atoms with Crippen LogP contribution in [0.25, 0.3) is 0 Å². The van der Waals surface area contributed by atoms with Gasteiger partial charge in [-0.1, -0.05) is 18.1 Å². The molecule has 0 amide bonds. The molecule has 1 rings (SSSR count). The molecule has 0 unspecified atom stereocenters. The van der Waals surface area contributed by atoms with Crippen molar-refractivity contribution in [3.05, 3.63) is 29.6 Å². The topological polar surface area (TPSA) is 45.5 Å². The predicted octanol–water partition coefficient (Wildman–Crippen LogP) is 1.84. The van der Waals surface area contributed by atoms with Gasteiger partial charge in [-0.3, -0.25) is 4.98 Å². The number of hydrogen-bond donors (Lipinski definition) is 1. The van der Waals surface area contributed by atoms with E-state index in [-0.39, 0.29) is 0 Å². The van der Waals surface area contributed by atoms with E-state index in [1.54, 1.807) is 13.1 Å². The summed E-state index contributed by atoms with van der Waals surface area (Å²) in [7, 11) is 0. The number of pyridine rings is 1. The SMILES string of the molecule is CCc1cccnc1/C(C)=N/O. The molecular formula is C9H12N2O. The smallest absolute Gasteiger partial charge is 0.102 e. The van der Waals surface area contributed by atoms with Crippen molar-refractivity contribution in [2.24, 2.45) is 5.16 Å². The van der Waals surface area contributed by atoms with Crippen molar-refractivity contribution in [2.45, 2.75) is 20.3 Å². The molecule has 0 saturated carbocycles. The fourth-order valence-corrected chi connectivity index (χ4v) is 1.10. The number of aromatic nitrogens is 1. The first-order valence-corrected chi connectivity index (χ1v) is 3.92. The molecule has 1 heterocycles. The lowest BCUT2D eigenvalue weighted by atomic mass is 10.1. The Hall–Kier alpha value is -1.38. The minimum Gasteiger partial charge on any atom is -0.411 e. The molecular weight excluding hydrogens is 152 g/mol. The van der Waals surface area contributed by atoms with Crippen molar-refractivity contribution in [2.75, 3.05) is 0 Å². The fraction of sp³-hybridized carbons (Fsp3) is 0.333. The van der Waals surface area contributed by atoms with Gasteiger partial charge in [0.2, 0.25) is 0 Å². The molecule has 1 aromatic rings. The van der Waals surface area contributed by atoms with Crippen LogP contribution in [-0.4, -0.2) is 15.9 Å². The van der Waals surface area contributed by atoms with Gasteiger partial charge in [-0.05, 0) is 25.0 Å². The Morgan fingerprint density at radius 1 is 1.67 bits per heavy atom. The lowest BCUT2D eigenvalue weighted by Gasteiger charge is -2.02. The first kappa shape index (κ1) is 8.71. The highest BCUT2D eigenvalue weighted by molar-refractivity contribution is 5.97. The molecule has 0 aromatic carbocycles. The zero-order valence-electron chi connectivity index (χ0n) is 7.28. The second-order valence-electron chi connectivity index (χ2n) is 2.55. The van der Waals surface area contributed by atoms with Gasteiger partial charge in [-0.15, -0.1) is 0 Å². The molecule has 0 fully saturated rings. The van der Waals surface area contributed by atoms with E-state index in [4.69, 9.17) is 5.21 Å². The van der Waals surface area contributed by atoms with Crippen molar-refractivity contribution in [3.8, 4) is 0 Å². The summed E-state index contributed by atoms with van der Waals surface area (Å²) in [6.07, 6.45) is 2.60. The van der Waals surface area contributed by atoms with Crippen LogP contribution in [0.2, 0.25) is 0 Å². The average Bonchev–Trinajstić information content (AvgIpc) is 2.16. The van der Waals surface area contributed by atoms with Crippen LogP contribution >= 0.6 is 0 Å². The molecule has 0 saturated heterocycles. The summed E-state index contributed by atoms with van der Waals surface area (Å²) in [6.45, 7) is 3.78. The summed E-state index contributed by atoms with van der Waals surface area (Å²) in [6, 6.07) is 3.87. The second-order valence-corrected chi connectivity index (χ2v) is 2.55. The molecule has 0 aliphatic rings. The zero-order valence-corrected chi connectivity index (χ0v) is 7.28. The summed E-state index contributed by atoms with van der Waals surface area (Å²) < 4.78 is 0. The molecule has 1 N–H and O–H groups in total. The van der Waals surface area contributed by atoms with Crippen LogP contribution in [-0.2, 0) is 6.42 Å². The molecule has 64 valence electrons. The summed E-state index contributed by atoms with van der Waals surface area (Å²) in [5, 5.41) is 11.7. The molecule has 0 aliphatic carbocycles. The van der Waals surface area contributed by atoms with E-state index >= 15 is 0 Å². The van der Waals surface area contributed by atoms with E-state index in [0.29, 0.717) is 5.71 Å². The van der Waals surface area contributed by atoms with E-state index in [9.17, 15) is 0 Å². The minimum atomic E-state index is 0.562. The van der Waals surface area contributed by atoms with Crippen LogP contribution in [0.4, 0.5) is 0 Å². The molecule has 3 heteroatoms. The molecule has 0 aliphatic heterocycles. The summed E-state index contributed by atoms with van der Waals surface area (Å²) in [5.41, 5.74) is 2.45. The molecule has 0 radical (unpaired) electrons. The highest BCUT2D eigenvalue weighted by atomic mass is 16.4. The van der Waals surface area contributed by atoms with Gasteiger partial charge in [0.1, 0.15) is 5.71 Å². The van der Waals surface area contributed by atoms with Crippen molar-refractivity contribution in [3.63, 3.8) is 0 Å². The summed E-state index contributed by atoms with van der Waals surface area (Å²) in [5.74, 6) is 0. The third-order valence-electron chi connectivity index (χ3n) is 1.76. The monoisotopic (exact) mass is 164 g/mol. The van der Waals surface area contributed by atoms with Crippen molar-refractivity contribution in [1.29, 1.82) is 0 Å². The average molecular weight is 164 g/mol. The standard InChI is InChI=1S/C9H12N2O/c1-3-8-5-4-6-10-9(8)7(2)11-12/h4-6,12H,3H2,1-2H3/b11-7+. The van der Waals surface area contributed by atoms with Crippen LogP contribution in [0.5, 0.6) is 0 Å². The van der Waals surface area contributed by atoms with Gasteiger partial charge in [0.15, 0.2) is 0 Å². The van der Waals surface area contributed by atoms with Crippen LogP contribution in [0.1, 0.15) is 25.1 Å². The Balaban J connectivity index is 3.13. The normalized spacial score (nSPS) is 11.7. The number of aryl methyl sites for hydroxylation is 1. The van der Waals surface area contributed by atoms with Gasteiger partial charge >= 0.3 is 0 Å². The molecule has 12 heavy (non-hydrogen) atoms. The number of oxime groups is 1. The quantitative estimate of drug-likeness (QED) is 0.412. The van der Waals surface area contributed by atoms with E-state index in [2.05, 4.69) is 10.1 Å². The molecule has 0 atom stereocenters. The highest BCUT2D eigenvalue weighted by Gasteiger charge is 2.03. The van der Waals surface area contributed by atoms with Gasteiger partial charge in [0, 0.05) is 6.20 Å². The first-order valence-electron chi connectivity index (χ1n) is 3.92. The highest BCUT2D eigenvalue weighted by Crippen LogP contribution is 2.06. The van der Waals surface area contributed by atoms with Gasteiger partial charge in [-0.2, -0.15) is 0 Å². The Labute approximate surface area is 71.8 Å². The predicted molar refractivity (Wildman–Crippen MR) is 47.6 cm³/mol. The van der Waals surface area contributed by atoms with E-state index in [1.807, 2.05) is 19.1 Å². The maximum Gasteiger partial charge on any atom is 0.102 e. The van der Waals surface area contributed by atoms with Crippen LogP contribution in [0, 0.1) is 0 Å². The van der Waals surface area contributed by atoms with Gasteiger partial charge in [0.25, 0.3) is 0 Å². The van der Waals surface area contributed by atoms with Gasteiger partial charge < -0.3 is 5.21 Å². The second kappa shape index (κ2) is 3.85. The Bertz CT molecular complexity index is 294. The minimum absolute atomic E-state index is 0.562. The summed E-state index contributed by atoms with van der Waals surface area (Å²) >= 11 is 0. The zero-order chi connectivity index (χ0) is 8.97. The van der Waals surface area contributed by atoms with E-state index in [1.165, 1.54) is 0 Å². The third-order valence-corrected chi connectivity index (χ3v) is 1.76. The summed E-state index contributed by atoms with van der Waals surface area (Å²) in [4.78, 5) is 4.13. The maximum absolute atomic E-state index is 8.56. The number of rotatable bonds is 2. The number of nitrogens with zero attached hydrogens (tertiary/aromatic N) is 2. The maximum atomic E-state index is 8.56. The third kappa shape index (κ3) is 1.61. The van der Waals surface area contributed by atoms with Crippen molar-refractivity contribution < 1.29 is 5.21 Å². The van der Waals surface area contributed by atoms with Gasteiger partial charge in [-0.25, -0.2) is 0 Å². The molecule has 0 bridgehead atoms. The molecule has 0 spiro atoms. The Morgan fingerprint density at radius 2 is 2.42 bits per heavy atom. The van der Waals surface area contributed by atoms with Gasteiger partial charge in [0.05, 0.1) is 5.69 Å². The Kier molecular flexibility index (Phi) is 2.80. The Morgan fingerprint density at radius 3 is 3.00 bits per heavy atom. The molecule has 3 nitrogen and oxygen atoms in total. The lowest BCUT2D eigenvalue weighted by Crippen LogP contribution is -2.02. The van der Waals surface area contributed by atoms with Crippen LogP contribution in [0.15, 0.2) is 23.5 Å².